The number of alkyl halides is 2. The molecule has 0 aliphatic carbocycles. The van der Waals surface area contributed by atoms with Crippen molar-refractivity contribution in [3.8, 4) is 34.4 Å². The number of likely N-dealkylation sites (tertiary alicyclic amines) is 2. The highest BCUT2D eigenvalue weighted by molar-refractivity contribution is 7.10. The predicted molar refractivity (Wildman–Crippen MR) is 265 cm³/mol. The summed E-state index contributed by atoms with van der Waals surface area (Å²) in [5.41, 5.74) is 9.11. The number of carbonyl (C=O) groups excluding carboxylic acids is 5. The number of esters is 1. The normalized spacial score (nSPS) is 22.2. The first-order valence-electron chi connectivity index (χ1n) is 24.5. The summed E-state index contributed by atoms with van der Waals surface area (Å²) < 4.78 is 40.7. The summed E-state index contributed by atoms with van der Waals surface area (Å²) in [7, 11) is 3.27. The van der Waals surface area contributed by atoms with Gasteiger partial charge in [-0.2, -0.15) is 0 Å². The molecule has 4 amide bonds. The zero-order chi connectivity index (χ0) is 50.9. The zero-order valence-electron chi connectivity index (χ0n) is 41.9. The van der Waals surface area contributed by atoms with Gasteiger partial charge in [0.2, 0.25) is 11.8 Å². The summed E-state index contributed by atoms with van der Waals surface area (Å²) >= 11 is 1.39. The molecule has 5 atom stereocenters. The highest BCUT2D eigenvalue weighted by Crippen LogP contribution is 2.42. The van der Waals surface area contributed by atoms with Crippen LogP contribution in [0.3, 0.4) is 0 Å². The molecule has 3 fully saturated rings. The minimum atomic E-state index is -2.88. The fourth-order valence-corrected chi connectivity index (χ4v) is 11.2. The van der Waals surface area contributed by atoms with Gasteiger partial charge in [-0.3, -0.25) is 38.9 Å². The van der Waals surface area contributed by atoms with Crippen LogP contribution in [0.1, 0.15) is 83.2 Å². The molecule has 3 aromatic heterocycles. The third-order valence-corrected chi connectivity index (χ3v) is 14.9. The SMILES string of the molecule is CCn1c(-c2cccnc2[C@H](C)OC)c2c3cc(ccc31)-c1csc(n1)C[C@H](NC(=O)[C@H](C(C)C)N(C)C(=O)[C@H]1CCN(CC#CC(=O)N3CC(F)(F)C3)C1)C(=O)N1CCC[C@H](N1)C(=O)OCC(C)(C)C2. The number of amides is 4. The molecule has 1 aromatic carbocycles. The lowest BCUT2D eigenvalue weighted by Crippen LogP contribution is -2.62. The van der Waals surface area contributed by atoms with Crippen LogP contribution in [0, 0.1) is 29.1 Å². The number of halogens is 2. The number of ether oxygens (including phenoxy) is 2. The van der Waals surface area contributed by atoms with Crippen molar-refractivity contribution < 1.29 is 42.2 Å². The number of thiazole rings is 1. The van der Waals surface area contributed by atoms with Crippen molar-refractivity contribution in [2.75, 3.05) is 60.0 Å². The maximum Gasteiger partial charge on any atom is 0.324 e. The Kier molecular flexibility index (Phi) is 15.3. The molecule has 19 heteroatoms. The number of fused-ring (bicyclic) bond motifs is 6. The number of hydrogen-bond donors (Lipinski definition) is 2. The molecule has 0 radical (unpaired) electrons. The highest BCUT2D eigenvalue weighted by Gasteiger charge is 2.46. The average Bonchev–Trinajstić information content (AvgIpc) is 4.09. The summed E-state index contributed by atoms with van der Waals surface area (Å²) in [6.45, 7) is 12.8. The largest absolute Gasteiger partial charge is 0.464 e. The molecule has 4 aromatic rings. The number of methoxy groups -OCH3 is 1. The molecule has 4 aliphatic rings. The van der Waals surface area contributed by atoms with Gasteiger partial charge in [0.05, 0.1) is 60.4 Å². The number of likely N-dealkylation sites (N-methyl/N-ethyl adjacent to an activating group) is 1. The number of hydrogen-bond acceptors (Lipinski definition) is 12. The second kappa shape index (κ2) is 21.1. The second-order valence-corrected chi connectivity index (χ2v) is 21.4. The van der Waals surface area contributed by atoms with Crippen LogP contribution < -0.4 is 10.7 Å². The Morgan fingerprint density at radius 1 is 1.11 bits per heavy atom. The Labute approximate surface area is 417 Å². The quantitative estimate of drug-likeness (QED) is 0.152. The standard InChI is InChI=1S/C52H65F2N9O7S/c1-9-62-41-17-16-33-23-36(41)37(46(62)35-13-10-19-55-44(35)32(4)69-8)25-51(5,6)30-70-50(68)38-14-11-21-63(58-38)49(67)39(24-42-56-40(33)27-71-42)57-47(65)45(31(2)3)59(7)48(66)34-18-22-60(26-34)20-12-15-43(64)61-28-52(53,54)29-61/h10,13,16-17,19,23,27,31-32,34,38-39,45,58H,9,11,14,18,20-22,24-26,28-30H2,1-8H3,(H,57,65)/t32-,34-,38-,39-,45-/m0/s1. The van der Waals surface area contributed by atoms with E-state index in [0.717, 1.165) is 49.6 Å². The molecule has 2 N–H and O–H groups in total. The number of aryl methyl sites for hydroxylation is 1. The van der Waals surface area contributed by atoms with E-state index in [1.165, 1.54) is 21.2 Å². The Bertz CT molecular complexity index is 2740. The molecule has 6 bridgehead atoms. The number of benzene rings is 1. The van der Waals surface area contributed by atoms with E-state index >= 15 is 0 Å². The topological polar surface area (TPSA) is 172 Å². The fraction of sp³-hybridized carbons (Fsp3) is 0.558. The lowest BCUT2D eigenvalue weighted by Gasteiger charge is -2.37. The first-order chi connectivity index (χ1) is 33.8. The van der Waals surface area contributed by atoms with Crippen LogP contribution in [0.4, 0.5) is 8.78 Å². The van der Waals surface area contributed by atoms with Crippen molar-refractivity contribution in [2.24, 2.45) is 17.3 Å². The van der Waals surface area contributed by atoms with Gasteiger partial charge in [-0.25, -0.2) is 19.2 Å². The van der Waals surface area contributed by atoms with Crippen LogP contribution in [-0.4, -0.2) is 148 Å². The van der Waals surface area contributed by atoms with E-state index in [-0.39, 0.29) is 37.5 Å². The Morgan fingerprint density at radius 2 is 1.89 bits per heavy atom. The van der Waals surface area contributed by atoms with Gasteiger partial charge in [0.25, 0.3) is 17.7 Å². The van der Waals surface area contributed by atoms with Gasteiger partial charge in [0.1, 0.15) is 18.1 Å². The summed E-state index contributed by atoms with van der Waals surface area (Å²) in [6, 6.07) is 7.47. The van der Waals surface area contributed by atoms with E-state index < -0.39 is 72.2 Å². The van der Waals surface area contributed by atoms with Crippen LogP contribution in [-0.2, 0) is 52.8 Å². The molecule has 4 aliphatic heterocycles. The van der Waals surface area contributed by atoms with Crippen LogP contribution in [0.15, 0.2) is 41.9 Å². The van der Waals surface area contributed by atoms with E-state index in [0.29, 0.717) is 56.9 Å². The van der Waals surface area contributed by atoms with Gasteiger partial charge < -0.3 is 29.2 Å². The van der Waals surface area contributed by atoms with Gasteiger partial charge in [-0.1, -0.05) is 39.7 Å². The van der Waals surface area contributed by atoms with E-state index in [1.807, 2.05) is 37.1 Å². The zero-order valence-corrected chi connectivity index (χ0v) is 42.7. The average molecular weight is 998 g/mol. The van der Waals surface area contributed by atoms with Crippen LogP contribution in [0.2, 0.25) is 0 Å². The molecule has 7 heterocycles. The van der Waals surface area contributed by atoms with E-state index in [4.69, 9.17) is 19.4 Å². The second-order valence-electron chi connectivity index (χ2n) is 20.4. The van der Waals surface area contributed by atoms with Crippen LogP contribution in [0.5, 0.6) is 0 Å². The number of nitrogens with one attached hydrogen (secondary N) is 2. The Hall–Kier alpha value is -5.81. The smallest absolute Gasteiger partial charge is 0.324 e. The molecule has 0 unspecified atom stereocenters. The van der Waals surface area contributed by atoms with Gasteiger partial charge in [-0.15, -0.1) is 11.3 Å². The first kappa shape index (κ1) is 51.5. The van der Waals surface area contributed by atoms with Crippen molar-refractivity contribution in [1.82, 2.24) is 45.0 Å². The summed E-state index contributed by atoms with van der Waals surface area (Å²) in [6.07, 6.45) is 3.57. The maximum atomic E-state index is 14.7. The third-order valence-electron chi connectivity index (χ3n) is 14.1. The first-order valence-corrected chi connectivity index (χ1v) is 25.4. The molecule has 8 rings (SSSR count). The van der Waals surface area contributed by atoms with Crippen molar-refractivity contribution in [1.29, 1.82) is 0 Å². The molecule has 71 heavy (non-hydrogen) atoms. The summed E-state index contributed by atoms with van der Waals surface area (Å²) in [4.78, 5) is 83.7. The number of rotatable bonds is 10. The number of cyclic esters (lactones) is 1. The predicted octanol–water partition coefficient (Wildman–Crippen LogP) is 5.49. The molecule has 0 saturated carbocycles. The molecule has 16 nitrogen and oxygen atoms in total. The monoisotopic (exact) mass is 997 g/mol. The van der Waals surface area contributed by atoms with Gasteiger partial charge >= 0.3 is 5.97 Å². The summed E-state index contributed by atoms with van der Waals surface area (Å²) in [5, 5.41) is 8.02. The van der Waals surface area contributed by atoms with E-state index in [2.05, 4.69) is 72.2 Å². The Morgan fingerprint density at radius 3 is 2.61 bits per heavy atom. The number of aromatic nitrogens is 3. The third kappa shape index (κ3) is 11.2. The molecule has 0 spiro atoms. The Balaban J connectivity index is 1.07. The minimum Gasteiger partial charge on any atom is -0.464 e. The lowest BCUT2D eigenvalue weighted by molar-refractivity contribution is -0.160. The maximum absolute atomic E-state index is 14.7. The lowest BCUT2D eigenvalue weighted by atomic mass is 9.84. The van der Waals surface area contributed by atoms with Gasteiger partial charge in [-0.05, 0) is 87.7 Å². The molecular weight excluding hydrogens is 933 g/mol. The number of carbonyl (C=O) groups is 5. The number of pyridine rings is 1. The fourth-order valence-electron chi connectivity index (χ4n) is 10.3. The van der Waals surface area contributed by atoms with Crippen LogP contribution >= 0.6 is 11.3 Å². The number of hydrazine groups is 1. The van der Waals surface area contributed by atoms with Crippen LogP contribution in [0.25, 0.3) is 33.4 Å². The minimum absolute atomic E-state index is 0.0475. The van der Waals surface area contributed by atoms with Crippen molar-refractivity contribution in [3.63, 3.8) is 0 Å². The highest BCUT2D eigenvalue weighted by atomic mass is 32.1. The molecular formula is C52H65F2N9O7S. The molecule has 3 saturated heterocycles. The van der Waals surface area contributed by atoms with Gasteiger partial charge in [0.15, 0.2) is 0 Å². The van der Waals surface area contributed by atoms with Gasteiger partial charge in [0, 0.05) is 79.2 Å². The van der Waals surface area contributed by atoms with Crippen molar-refractivity contribution >= 4 is 51.8 Å². The molecule has 380 valence electrons. The summed E-state index contributed by atoms with van der Waals surface area (Å²) in [5.74, 6) is -0.822. The van der Waals surface area contributed by atoms with E-state index in [1.54, 1.807) is 20.4 Å². The van der Waals surface area contributed by atoms with Crippen molar-refractivity contribution in [3.05, 3.63) is 58.2 Å². The van der Waals surface area contributed by atoms with Crippen molar-refractivity contribution in [2.45, 2.75) is 110 Å². The number of nitrogens with zero attached hydrogens (tertiary/aromatic N) is 7. The van der Waals surface area contributed by atoms with E-state index in [9.17, 15) is 32.8 Å².